The molecule has 0 bridgehead atoms. The standard InChI is InChI=1S/C20H26N4O3/c1-13(2)27-18-8-7-14-5-3-4-6-15(14)16(18)12-24-10-9-22-20(26)17(24)11-19(25)23-21/h3-8,13,17H,9-12,21H2,1-2H3,(H,22,26)(H,23,25). The lowest BCUT2D eigenvalue weighted by atomic mass is 10.0. The SMILES string of the molecule is CC(C)Oc1ccc2ccccc2c1CN1CCNC(=O)C1CC(=O)NN. The molecule has 1 fully saturated rings. The summed E-state index contributed by atoms with van der Waals surface area (Å²) in [5.74, 6) is 5.50. The van der Waals surface area contributed by atoms with Gasteiger partial charge in [-0.25, -0.2) is 5.84 Å². The van der Waals surface area contributed by atoms with Gasteiger partial charge in [-0.2, -0.15) is 0 Å². The number of piperazine rings is 1. The summed E-state index contributed by atoms with van der Waals surface area (Å²) < 4.78 is 6.03. The first kappa shape index (κ1) is 19.1. The van der Waals surface area contributed by atoms with E-state index >= 15 is 0 Å². The molecule has 27 heavy (non-hydrogen) atoms. The van der Waals surface area contributed by atoms with Crippen molar-refractivity contribution < 1.29 is 14.3 Å². The van der Waals surface area contributed by atoms with Gasteiger partial charge in [0, 0.05) is 25.2 Å². The van der Waals surface area contributed by atoms with Gasteiger partial charge in [0.25, 0.3) is 0 Å². The van der Waals surface area contributed by atoms with E-state index in [2.05, 4.69) is 22.9 Å². The van der Waals surface area contributed by atoms with Crippen molar-refractivity contribution in [1.29, 1.82) is 0 Å². The quantitative estimate of drug-likeness (QED) is 0.405. The lowest BCUT2D eigenvalue weighted by Crippen LogP contribution is -2.56. The van der Waals surface area contributed by atoms with Gasteiger partial charge in [-0.05, 0) is 30.7 Å². The Labute approximate surface area is 158 Å². The van der Waals surface area contributed by atoms with Crippen LogP contribution in [0.15, 0.2) is 36.4 Å². The summed E-state index contributed by atoms with van der Waals surface area (Å²) in [6.45, 7) is 5.69. The van der Waals surface area contributed by atoms with Crippen LogP contribution in [0.1, 0.15) is 25.8 Å². The summed E-state index contributed by atoms with van der Waals surface area (Å²) in [7, 11) is 0. The van der Waals surface area contributed by atoms with E-state index in [0.29, 0.717) is 19.6 Å². The summed E-state index contributed by atoms with van der Waals surface area (Å²) in [4.78, 5) is 26.2. The van der Waals surface area contributed by atoms with E-state index in [9.17, 15) is 9.59 Å². The second-order valence-electron chi connectivity index (χ2n) is 6.98. The van der Waals surface area contributed by atoms with E-state index < -0.39 is 6.04 Å². The zero-order valence-corrected chi connectivity index (χ0v) is 15.7. The number of fused-ring (bicyclic) bond motifs is 1. The highest BCUT2D eigenvalue weighted by molar-refractivity contribution is 5.89. The van der Waals surface area contributed by atoms with Crippen LogP contribution in [0, 0.1) is 0 Å². The number of hydrogen-bond donors (Lipinski definition) is 3. The minimum atomic E-state index is -0.562. The van der Waals surface area contributed by atoms with E-state index in [1.165, 1.54) is 0 Å². The Hall–Kier alpha value is -2.64. The molecule has 2 aromatic rings. The molecule has 1 aliphatic heterocycles. The highest BCUT2D eigenvalue weighted by Crippen LogP contribution is 2.31. The van der Waals surface area contributed by atoms with Crippen molar-refractivity contribution in [3.8, 4) is 5.75 Å². The molecule has 4 N–H and O–H groups in total. The average molecular weight is 370 g/mol. The monoisotopic (exact) mass is 370 g/mol. The van der Waals surface area contributed by atoms with E-state index in [1.807, 2.05) is 43.0 Å². The molecular formula is C20H26N4O3. The average Bonchev–Trinajstić information content (AvgIpc) is 2.65. The van der Waals surface area contributed by atoms with Gasteiger partial charge >= 0.3 is 0 Å². The number of hydrazine groups is 1. The number of carbonyl (C=O) groups excluding carboxylic acids is 2. The fourth-order valence-electron chi connectivity index (χ4n) is 3.45. The largest absolute Gasteiger partial charge is 0.491 e. The molecule has 2 aromatic carbocycles. The molecule has 1 aliphatic rings. The normalized spacial score (nSPS) is 17.8. The summed E-state index contributed by atoms with van der Waals surface area (Å²) in [5.41, 5.74) is 3.14. The Kier molecular flexibility index (Phi) is 5.93. The molecule has 1 unspecified atom stereocenters. The summed E-state index contributed by atoms with van der Waals surface area (Å²) in [6.07, 6.45) is 0.0568. The van der Waals surface area contributed by atoms with Gasteiger partial charge in [0.1, 0.15) is 5.75 Å². The van der Waals surface area contributed by atoms with Crippen LogP contribution >= 0.6 is 0 Å². The van der Waals surface area contributed by atoms with Crippen LogP contribution in [0.2, 0.25) is 0 Å². The zero-order chi connectivity index (χ0) is 19.4. The number of nitrogens with one attached hydrogen (secondary N) is 2. The Morgan fingerprint density at radius 3 is 2.85 bits per heavy atom. The molecule has 1 atom stereocenters. The van der Waals surface area contributed by atoms with Crippen LogP contribution in [0.3, 0.4) is 0 Å². The lowest BCUT2D eigenvalue weighted by Gasteiger charge is -2.35. The molecule has 0 radical (unpaired) electrons. The van der Waals surface area contributed by atoms with E-state index in [-0.39, 0.29) is 24.3 Å². The molecule has 7 heteroatoms. The maximum atomic E-state index is 12.4. The van der Waals surface area contributed by atoms with Crippen molar-refractivity contribution in [2.24, 2.45) is 5.84 Å². The summed E-state index contributed by atoms with van der Waals surface area (Å²) in [6, 6.07) is 11.6. The third-order valence-corrected chi connectivity index (χ3v) is 4.70. The Morgan fingerprint density at radius 2 is 2.11 bits per heavy atom. The summed E-state index contributed by atoms with van der Waals surface area (Å²) in [5, 5.41) is 5.03. The van der Waals surface area contributed by atoms with Crippen molar-refractivity contribution >= 4 is 22.6 Å². The molecule has 7 nitrogen and oxygen atoms in total. The van der Waals surface area contributed by atoms with E-state index in [1.54, 1.807) is 0 Å². The highest BCUT2D eigenvalue weighted by atomic mass is 16.5. The topological polar surface area (TPSA) is 96.7 Å². The second-order valence-corrected chi connectivity index (χ2v) is 6.98. The number of rotatable bonds is 6. The van der Waals surface area contributed by atoms with Gasteiger partial charge in [0.15, 0.2) is 0 Å². The zero-order valence-electron chi connectivity index (χ0n) is 15.7. The van der Waals surface area contributed by atoms with E-state index in [4.69, 9.17) is 10.6 Å². The van der Waals surface area contributed by atoms with Gasteiger partial charge in [-0.1, -0.05) is 30.3 Å². The van der Waals surface area contributed by atoms with Crippen LogP contribution in [-0.4, -0.2) is 41.9 Å². The van der Waals surface area contributed by atoms with Crippen LogP contribution < -0.4 is 21.3 Å². The Balaban J connectivity index is 1.97. The third-order valence-electron chi connectivity index (χ3n) is 4.70. The number of amides is 2. The van der Waals surface area contributed by atoms with Crippen LogP contribution in [0.25, 0.3) is 10.8 Å². The van der Waals surface area contributed by atoms with Gasteiger partial charge in [0.2, 0.25) is 11.8 Å². The van der Waals surface area contributed by atoms with Crippen molar-refractivity contribution in [3.63, 3.8) is 0 Å². The Bertz CT molecular complexity index is 837. The van der Waals surface area contributed by atoms with Gasteiger partial charge in [-0.15, -0.1) is 0 Å². The number of hydrogen-bond acceptors (Lipinski definition) is 5. The molecular weight excluding hydrogens is 344 g/mol. The van der Waals surface area contributed by atoms with Gasteiger partial charge < -0.3 is 10.1 Å². The van der Waals surface area contributed by atoms with Crippen molar-refractivity contribution in [2.75, 3.05) is 13.1 Å². The predicted molar refractivity (Wildman–Crippen MR) is 104 cm³/mol. The smallest absolute Gasteiger partial charge is 0.237 e. The van der Waals surface area contributed by atoms with E-state index in [0.717, 1.165) is 22.1 Å². The lowest BCUT2D eigenvalue weighted by molar-refractivity contribution is -0.134. The molecule has 0 aromatic heterocycles. The first-order valence-corrected chi connectivity index (χ1v) is 9.18. The minimum Gasteiger partial charge on any atom is -0.491 e. The molecule has 0 aliphatic carbocycles. The third kappa shape index (κ3) is 4.37. The number of ether oxygens (including phenoxy) is 1. The Morgan fingerprint density at radius 1 is 1.33 bits per heavy atom. The molecule has 2 amide bonds. The first-order chi connectivity index (χ1) is 13.0. The van der Waals surface area contributed by atoms with Crippen LogP contribution in [0.4, 0.5) is 0 Å². The maximum absolute atomic E-state index is 12.4. The molecule has 0 spiro atoms. The predicted octanol–water partition coefficient (Wildman–Crippen LogP) is 1.31. The fourth-order valence-corrected chi connectivity index (χ4v) is 3.45. The minimum absolute atomic E-state index is 0.0213. The van der Waals surface area contributed by atoms with Crippen molar-refractivity contribution in [1.82, 2.24) is 15.6 Å². The number of nitrogens with two attached hydrogens (primary N) is 1. The number of carbonyl (C=O) groups is 2. The fraction of sp³-hybridized carbons (Fsp3) is 0.400. The molecule has 1 heterocycles. The molecule has 1 saturated heterocycles. The first-order valence-electron chi connectivity index (χ1n) is 9.18. The van der Waals surface area contributed by atoms with Crippen molar-refractivity contribution in [3.05, 3.63) is 42.0 Å². The number of benzene rings is 2. The van der Waals surface area contributed by atoms with Crippen LogP contribution in [-0.2, 0) is 16.1 Å². The number of nitrogens with zero attached hydrogens (tertiary/aromatic N) is 1. The van der Waals surface area contributed by atoms with Crippen molar-refractivity contribution in [2.45, 2.75) is 39.0 Å². The molecule has 144 valence electrons. The maximum Gasteiger partial charge on any atom is 0.237 e. The second kappa shape index (κ2) is 8.37. The summed E-state index contributed by atoms with van der Waals surface area (Å²) >= 11 is 0. The van der Waals surface area contributed by atoms with Crippen LogP contribution in [0.5, 0.6) is 5.75 Å². The van der Waals surface area contributed by atoms with Gasteiger partial charge in [0.05, 0.1) is 18.6 Å². The molecule has 0 saturated carbocycles. The molecule has 3 rings (SSSR count). The highest BCUT2D eigenvalue weighted by Gasteiger charge is 2.32. The van der Waals surface area contributed by atoms with Gasteiger partial charge in [-0.3, -0.25) is 19.9 Å².